The summed E-state index contributed by atoms with van der Waals surface area (Å²) in [4.78, 5) is 12.8. The predicted molar refractivity (Wildman–Crippen MR) is 99.9 cm³/mol. The molecule has 2 aromatic carbocycles. The van der Waals surface area contributed by atoms with Crippen molar-refractivity contribution in [2.75, 3.05) is 6.61 Å². The standard InChI is InChI=1S/C20H25O2P/c1-6-9-22-17-7-8-18(14(3)12-17)23-20(21)19-15(4)10-13(2)11-16(19)5/h7-8,10-12,23H,6,9H2,1-5H3. The fourth-order valence-electron chi connectivity index (χ4n) is 2.81. The van der Waals surface area contributed by atoms with Crippen LogP contribution in [-0.4, -0.2) is 12.1 Å². The molecule has 122 valence electrons. The van der Waals surface area contributed by atoms with E-state index in [9.17, 15) is 4.79 Å². The second kappa shape index (κ2) is 7.75. The first-order chi connectivity index (χ1) is 10.9. The highest BCUT2D eigenvalue weighted by Gasteiger charge is 2.14. The van der Waals surface area contributed by atoms with Gasteiger partial charge in [-0.25, -0.2) is 0 Å². The maximum absolute atomic E-state index is 12.8. The third kappa shape index (κ3) is 4.42. The summed E-state index contributed by atoms with van der Waals surface area (Å²) in [6.07, 6.45) is 0.993. The van der Waals surface area contributed by atoms with E-state index in [2.05, 4.69) is 26.0 Å². The van der Waals surface area contributed by atoms with Gasteiger partial charge in [-0.15, -0.1) is 0 Å². The van der Waals surface area contributed by atoms with Gasteiger partial charge in [0.1, 0.15) is 5.75 Å². The van der Waals surface area contributed by atoms with E-state index in [0.29, 0.717) is 0 Å². The Morgan fingerprint density at radius 2 is 1.65 bits per heavy atom. The second-order valence-electron chi connectivity index (χ2n) is 6.05. The highest BCUT2D eigenvalue weighted by molar-refractivity contribution is 7.66. The van der Waals surface area contributed by atoms with Crippen molar-refractivity contribution < 1.29 is 9.53 Å². The van der Waals surface area contributed by atoms with Crippen LogP contribution < -0.4 is 10.0 Å². The van der Waals surface area contributed by atoms with Crippen LogP contribution in [-0.2, 0) is 0 Å². The highest BCUT2D eigenvalue weighted by Crippen LogP contribution is 2.27. The van der Waals surface area contributed by atoms with Gasteiger partial charge in [0.05, 0.1) is 6.61 Å². The van der Waals surface area contributed by atoms with E-state index >= 15 is 0 Å². The first-order valence-electron chi connectivity index (χ1n) is 8.05. The van der Waals surface area contributed by atoms with Gasteiger partial charge in [0, 0.05) is 5.56 Å². The molecule has 0 spiro atoms. The van der Waals surface area contributed by atoms with Gasteiger partial charge in [0.2, 0.25) is 0 Å². The Hall–Kier alpha value is -1.66. The van der Waals surface area contributed by atoms with Crippen molar-refractivity contribution in [3.05, 3.63) is 58.1 Å². The van der Waals surface area contributed by atoms with Crippen LogP contribution in [0.5, 0.6) is 5.75 Å². The van der Waals surface area contributed by atoms with Gasteiger partial charge in [-0.05, 0) is 76.8 Å². The van der Waals surface area contributed by atoms with Crippen molar-refractivity contribution >= 4 is 19.4 Å². The molecule has 1 atom stereocenters. The number of aryl methyl sites for hydroxylation is 4. The van der Waals surface area contributed by atoms with Crippen LogP contribution >= 0.6 is 8.58 Å². The van der Waals surface area contributed by atoms with E-state index < -0.39 is 0 Å². The van der Waals surface area contributed by atoms with Gasteiger partial charge in [-0.3, -0.25) is 4.79 Å². The zero-order valence-corrected chi connectivity index (χ0v) is 15.6. The Morgan fingerprint density at radius 3 is 2.22 bits per heavy atom. The van der Waals surface area contributed by atoms with Crippen molar-refractivity contribution in [1.29, 1.82) is 0 Å². The van der Waals surface area contributed by atoms with Gasteiger partial charge in [-0.2, -0.15) is 0 Å². The van der Waals surface area contributed by atoms with E-state index in [1.54, 1.807) is 0 Å². The summed E-state index contributed by atoms with van der Waals surface area (Å²) in [5.74, 6) is 0.882. The molecule has 0 saturated heterocycles. The van der Waals surface area contributed by atoms with Crippen LogP contribution in [0, 0.1) is 27.7 Å². The molecule has 0 aliphatic carbocycles. The third-order valence-corrected chi connectivity index (χ3v) is 5.13. The summed E-state index contributed by atoms with van der Waals surface area (Å²) in [6, 6.07) is 10.2. The van der Waals surface area contributed by atoms with Crippen LogP contribution in [0.15, 0.2) is 30.3 Å². The monoisotopic (exact) mass is 328 g/mol. The summed E-state index contributed by atoms with van der Waals surface area (Å²) in [7, 11) is 0.148. The molecule has 0 N–H and O–H groups in total. The quantitative estimate of drug-likeness (QED) is 0.708. The second-order valence-corrected chi connectivity index (χ2v) is 7.30. The maximum Gasteiger partial charge on any atom is 0.186 e. The SMILES string of the molecule is CCCOc1ccc(PC(=O)c2c(C)cc(C)cc2C)c(C)c1. The number of rotatable bonds is 6. The summed E-state index contributed by atoms with van der Waals surface area (Å²) >= 11 is 0. The molecule has 0 fully saturated rings. The number of benzene rings is 2. The first kappa shape index (κ1) is 17.7. The zero-order valence-electron chi connectivity index (χ0n) is 14.6. The highest BCUT2D eigenvalue weighted by atomic mass is 31.1. The molecule has 0 saturated carbocycles. The number of carbonyl (C=O) groups excluding carboxylic acids is 1. The van der Waals surface area contributed by atoms with Crippen molar-refractivity contribution in [3.8, 4) is 5.75 Å². The fourth-order valence-corrected chi connectivity index (χ4v) is 4.01. The molecule has 0 radical (unpaired) electrons. The predicted octanol–water partition coefficient (Wildman–Crippen LogP) is 4.85. The summed E-state index contributed by atoms with van der Waals surface area (Å²) < 4.78 is 5.65. The largest absolute Gasteiger partial charge is 0.494 e. The Labute approximate surface area is 141 Å². The molecule has 0 heterocycles. The lowest BCUT2D eigenvalue weighted by molar-refractivity contribution is 0.108. The first-order valence-corrected chi connectivity index (χ1v) is 9.05. The van der Waals surface area contributed by atoms with E-state index in [0.717, 1.165) is 46.3 Å². The molecule has 0 aliphatic heterocycles. The summed E-state index contributed by atoms with van der Waals surface area (Å²) in [5.41, 5.74) is 5.55. The number of hydrogen-bond donors (Lipinski definition) is 0. The Kier molecular flexibility index (Phi) is 5.96. The minimum absolute atomic E-state index is 0.148. The molecular formula is C20H25O2P. The van der Waals surface area contributed by atoms with Gasteiger partial charge >= 0.3 is 0 Å². The summed E-state index contributed by atoms with van der Waals surface area (Å²) in [6.45, 7) is 11.0. The van der Waals surface area contributed by atoms with Gasteiger partial charge in [-0.1, -0.05) is 30.7 Å². The average molecular weight is 328 g/mol. The van der Waals surface area contributed by atoms with Crippen molar-refractivity contribution in [3.63, 3.8) is 0 Å². The fraction of sp³-hybridized carbons (Fsp3) is 0.350. The van der Waals surface area contributed by atoms with Crippen molar-refractivity contribution in [2.45, 2.75) is 41.0 Å². The van der Waals surface area contributed by atoms with Crippen LogP contribution in [0.3, 0.4) is 0 Å². The molecule has 0 amide bonds. The lowest BCUT2D eigenvalue weighted by Gasteiger charge is -2.12. The normalized spacial score (nSPS) is 11.2. The number of ether oxygens (including phenoxy) is 1. The number of carbonyl (C=O) groups is 1. The molecule has 23 heavy (non-hydrogen) atoms. The van der Waals surface area contributed by atoms with E-state index in [1.165, 1.54) is 5.56 Å². The molecule has 2 rings (SSSR count). The minimum Gasteiger partial charge on any atom is -0.494 e. The molecule has 2 aromatic rings. The molecule has 0 bridgehead atoms. The average Bonchev–Trinajstić information content (AvgIpc) is 2.46. The van der Waals surface area contributed by atoms with Crippen molar-refractivity contribution in [2.24, 2.45) is 0 Å². The van der Waals surface area contributed by atoms with Crippen LogP contribution in [0.4, 0.5) is 0 Å². The summed E-state index contributed by atoms with van der Waals surface area (Å²) in [5, 5.41) is 1.10. The Bertz CT molecular complexity index is 697. The lowest BCUT2D eigenvalue weighted by atomic mass is 10.0. The lowest BCUT2D eigenvalue weighted by Crippen LogP contribution is -2.08. The molecule has 2 nitrogen and oxygen atoms in total. The van der Waals surface area contributed by atoms with Crippen molar-refractivity contribution in [1.82, 2.24) is 0 Å². The van der Waals surface area contributed by atoms with E-state index in [-0.39, 0.29) is 14.1 Å². The topological polar surface area (TPSA) is 26.3 Å². The minimum atomic E-state index is 0.148. The van der Waals surface area contributed by atoms with Gasteiger partial charge in [0.15, 0.2) is 5.52 Å². The molecular weight excluding hydrogens is 303 g/mol. The molecule has 1 unspecified atom stereocenters. The molecule has 0 aromatic heterocycles. The van der Waals surface area contributed by atoms with E-state index in [1.807, 2.05) is 39.0 Å². The third-order valence-electron chi connectivity index (χ3n) is 3.82. The zero-order chi connectivity index (χ0) is 17.0. The number of hydrogen-bond acceptors (Lipinski definition) is 2. The van der Waals surface area contributed by atoms with Crippen LogP contribution in [0.1, 0.15) is 46.0 Å². The molecule has 0 aliphatic rings. The van der Waals surface area contributed by atoms with E-state index in [4.69, 9.17) is 4.74 Å². The maximum atomic E-state index is 12.8. The van der Waals surface area contributed by atoms with Crippen LogP contribution in [0.2, 0.25) is 0 Å². The smallest absolute Gasteiger partial charge is 0.186 e. The van der Waals surface area contributed by atoms with Gasteiger partial charge < -0.3 is 4.74 Å². The van der Waals surface area contributed by atoms with Crippen LogP contribution in [0.25, 0.3) is 0 Å². The Balaban J connectivity index is 2.21. The van der Waals surface area contributed by atoms with Gasteiger partial charge in [0.25, 0.3) is 0 Å². The Morgan fingerprint density at radius 1 is 1.00 bits per heavy atom. The molecule has 3 heteroatoms.